The first-order chi connectivity index (χ1) is 8.76. The molecule has 1 fully saturated rings. The Bertz CT molecular complexity index is 225. The quantitative estimate of drug-likeness (QED) is 0.664. The normalized spacial score (nSPS) is 17.9. The molecule has 0 saturated heterocycles. The minimum Gasteiger partial charge on any atom is -0.352 e. The smallest absolute Gasteiger partial charge is 0.220 e. The summed E-state index contributed by atoms with van der Waals surface area (Å²) in [6.45, 7) is 2.73. The fourth-order valence-electron chi connectivity index (χ4n) is 2.85. The van der Waals surface area contributed by atoms with Crippen LogP contribution in [-0.4, -0.2) is 18.5 Å². The van der Waals surface area contributed by atoms with Crippen LogP contribution in [0.2, 0.25) is 0 Å². The minimum absolute atomic E-state index is 0.184. The van der Waals surface area contributed by atoms with E-state index in [4.69, 9.17) is 5.73 Å². The van der Waals surface area contributed by atoms with Crippen LogP contribution in [0.5, 0.6) is 0 Å². The zero-order valence-corrected chi connectivity index (χ0v) is 11.9. The van der Waals surface area contributed by atoms with Crippen molar-refractivity contribution in [2.45, 2.75) is 77.2 Å². The maximum Gasteiger partial charge on any atom is 0.220 e. The summed E-state index contributed by atoms with van der Waals surface area (Å²) in [4.78, 5) is 11.8. The predicted molar refractivity (Wildman–Crippen MR) is 76.3 cm³/mol. The van der Waals surface area contributed by atoms with Gasteiger partial charge in [0.1, 0.15) is 0 Å². The fraction of sp³-hybridized carbons (Fsp3) is 0.933. The highest BCUT2D eigenvalue weighted by Crippen LogP contribution is 2.28. The molecule has 1 saturated carbocycles. The molecule has 106 valence electrons. The molecule has 0 spiro atoms. The van der Waals surface area contributed by atoms with Gasteiger partial charge in [0.15, 0.2) is 0 Å². The Morgan fingerprint density at radius 2 is 2.06 bits per heavy atom. The van der Waals surface area contributed by atoms with Gasteiger partial charge in [-0.2, -0.15) is 0 Å². The molecule has 1 aliphatic rings. The first kappa shape index (κ1) is 15.5. The van der Waals surface area contributed by atoms with Crippen molar-refractivity contribution in [1.82, 2.24) is 5.32 Å². The lowest BCUT2D eigenvalue weighted by atomic mass is 10.0. The summed E-state index contributed by atoms with van der Waals surface area (Å²) in [5.41, 5.74) is 5.68. The molecule has 0 aromatic carbocycles. The number of hydrogen-bond acceptors (Lipinski definition) is 2. The van der Waals surface area contributed by atoms with Crippen LogP contribution in [0, 0.1) is 5.92 Å². The fourth-order valence-corrected chi connectivity index (χ4v) is 2.85. The molecule has 0 radical (unpaired) electrons. The first-order valence-corrected chi connectivity index (χ1v) is 7.75. The third kappa shape index (κ3) is 6.39. The Kier molecular flexibility index (Phi) is 8.06. The van der Waals surface area contributed by atoms with Gasteiger partial charge in [0.05, 0.1) is 0 Å². The van der Waals surface area contributed by atoms with Gasteiger partial charge < -0.3 is 11.1 Å². The summed E-state index contributed by atoms with van der Waals surface area (Å²) in [6, 6.07) is 0.184. The predicted octanol–water partition coefficient (Wildman–Crippen LogP) is 2.98. The molecular weight excluding hydrogens is 224 g/mol. The molecule has 0 aromatic heterocycles. The molecule has 1 unspecified atom stereocenters. The second-order valence-electron chi connectivity index (χ2n) is 5.69. The summed E-state index contributed by atoms with van der Waals surface area (Å²) < 4.78 is 0. The second-order valence-corrected chi connectivity index (χ2v) is 5.69. The Morgan fingerprint density at radius 3 is 2.67 bits per heavy atom. The number of unbranched alkanes of at least 4 members (excludes halogenated alkanes) is 1. The minimum atomic E-state index is 0.184. The van der Waals surface area contributed by atoms with Crippen LogP contribution in [0.15, 0.2) is 0 Å². The van der Waals surface area contributed by atoms with Crippen molar-refractivity contribution in [2.24, 2.45) is 11.7 Å². The second kappa shape index (κ2) is 9.37. The Hall–Kier alpha value is -0.570. The lowest BCUT2D eigenvalue weighted by molar-refractivity contribution is -0.121. The number of nitrogens with two attached hydrogens (primary N) is 1. The van der Waals surface area contributed by atoms with E-state index in [1.807, 2.05) is 0 Å². The summed E-state index contributed by atoms with van der Waals surface area (Å²) in [5, 5.41) is 3.06. The van der Waals surface area contributed by atoms with Crippen LogP contribution >= 0.6 is 0 Å². The van der Waals surface area contributed by atoms with E-state index in [1.54, 1.807) is 0 Å². The third-order valence-electron chi connectivity index (χ3n) is 4.05. The van der Waals surface area contributed by atoms with Gasteiger partial charge in [0.25, 0.3) is 0 Å². The third-order valence-corrected chi connectivity index (χ3v) is 4.05. The number of rotatable bonds is 9. The maximum atomic E-state index is 11.8. The van der Waals surface area contributed by atoms with E-state index in [9.17, 15) is 4.79 Å². The van der Waals surface area contributed by atoms with Gasteiger partial charge >= 0.3 is 0 Å². The molecule has 3 N–H and O–H groups in total. The van der Waals surface area contributed by atoms with E-state index in [2.05, 4.69) is 12.2 Å². The van der Waals surface area contributed by atoms with Crippen molar-refractivity contribution in [3.05, 3.63) is 0 Å². The molecule has 0 heterocycles. The van der Waals surface area contributed by atoms with Crippen LogP contribution in [-0.2, 0) is 4.79 Å². The molecule has 3 heteroatoms. The first-order valence-electron chi connectivity index (χ1n) is 7.75. The molecule has 18 heavy (non-hydrogen) atoms. The molecule has 0 aliphatic heterocycles. The number of carbonyl (C=O) groups excluding carboxylic acids is 1. The average Bonchev–Trinajstić information content (AvgIpc) is 2.87. The van der Waals surface area contributed by atoms with E-state index in [-0.39, 0.29) is 11.9 Å². The topological polar surface area (TPSA) is 55.1 Å². The van der Waals surface area contributed by atoms with Crippen LogP contribution in [0.4, 0.5) is 0 Å². The standard InChI is InChI=1S/C15H30N2O/c1-2-3-10-14(12-16)17-15(18)11-6-9-13-7-4-5-8-13/h13-14H,2-12,16H2,1H3,(H,17,18). The highest BCUT2D eigenvalue weighted by Gasteiger charge is 2.15. The number of carbonyl (C=O) groups is 1. The largest absolute Gasteiger partial charge is 0.352 e. The molecule has 1 amide bonds. The molecule has 1 rings (SSSR count). The van der Waals surface area contributed by atoms with Crippen LogP contribution < -0.4 is 11.1 Å². The van der Waals surface area contributed by atoms with Gasteiger partial charge in [-0.3, -0.25) is 4.79 Å². The Morgan fingerprint density at radius 1 is 1.33 bits per heavy atom. The van der Waals surface area contributed by atoms with E-state index in [0.717, 1.165) is 31.6 Å². The summed E-state index contributed by atoms with van der Waals surface area (Å²) in [6.07, 6.45) is 11.8. The van der Waals surface area contributed by atoms with Crippen molar-refractivity contribution in [3.63, 3.8) is 0 Å². The highest BCUT2D eigenvalue weighted by atomic mass is 16.1. The number of hydrogen-bond donors (Lipinski definition) is 2. The summed E-state index contributed by atoms with van der Waals surface area (Å²) in [7, 11) is 0. The number of amides is 1. The monoisotopic (exact) mass is 254 g/mol. The summed E-state index contributed by atoms with van der Waals surface area (Å²) >= 11 is 0. The zero-order valence-electron chi connectivity index (χ0n) is 11.9. The van der Waals surface area contributed by atoms with Crippen LogP contribution in [0.1, 0.15) is 71.1 Å². The van der Waals surface area contributed by atoms with Crippen molar-refractivity contribution < 1.29 is 4.79 Å². The zero-order chi connectivity index (χ0) is 13.2. The van der Waals surface area contributed by atoms with E-state index in [0.29, 0.717) is 13.0 Å². The van der Waals surface area contributed by atoms with Gasteiger partial charge in [-0.15, -0.1) is 0 Å². The van der Waals surface area contributed by atoms with Gasteiger partial charge in [0, 0.05) is 19.0 Å². The highest BCUT2D eigenvalue weighted by molar-refractivity contribution is 5.76. The average molecular weight is 254 g/mol. The van der Waals surface area contributed by atoms with Gasteiger partial charge in [-0.25, -0.2) is 0 Å². The Labute approximate surface area is 112 Å². The van der Waals surface area contributed by atoms with Gasteiger partial charge in [0.2, 0.25) is 5.91 Å². The molecule has 3 nitrogen and oxygen atoms in total. The molecule has 1 atom stereocenters. The summed E-state index contributed by atoms with van der Waals surface area (Å²) in [5.74, 6) is 1.09. The van der Waals surface area contributed by atoms with Crippen molar-refractivity contribution in [1.29, 1.82) is 0 Å². The van der Waals surface area contributed by atoms with Gasteiger partial charge in [-0.05, 0) is 25.2 Å². The van der Waals surface area contributed by atoms with E-state index < -0.39 is 0 Å². The molecule has 0 aromatic rings. The number of nitrogens with one attached hydrogen (secondary N) is 1. The molecule has 0 bridgehead atoms. The van der Waals surface area contributed by atoms with Crippen molar-refractivity contribution in [2.75, 3.05) is 6.54 Å². The van der Waals surface area contributed by atoms with Crippen molar-refractivity contribution >= 4 is 5.91 Å². The SMILES string of the molecule is CCCCC(CN)NC(=O)CCCC1CCCC1. The maximum absolute atomic E-state index is 11.8. The van der Waals surface area contributed by atoms with Crippen molar-refractivity contribution in [3.8, 4) is 0 Å². The lowest BCUT2D eigenvalue weighted by Crippen LogP contribution is -2.40. The van der Waals surface area contributed by atoms with Gasteiger partial charge in [-0.1, -0.05) is 45.4 Å². The Balaban J connectivity index is 2.07. The molecule has 1 aliphatic carbocycles. The molecular formula is C15H30N2O. The van der Waals surface area contributed by atoms with E-state index >= 15 is 0 Å². The van der Waals surface area contributed by atoms with Crippen LogP contribution in [0.3, 0.4) is 0 Å². The van der Waals surface area contributed by atoms with E-state index in [1.165, 1.54) is 32.1 Å². The van der Waals surface area contributed by atoms with Crippen LogP contribution in [0.25, 0.3) is 0 Å². The lowest BCUT2D eigenvalue weighted by Gasteiger charge is -2.16.